The van der Waals surface area contributed by atoms with Gasteiger partial charge in [-0.25, -0.2) is 0 Å². The maximum absolute atomic E-state index is 12.3. The molecule has 1 aliphatic heterocycles. The predicted molar refractivity (Wildman–Crippen MR) is 128 cm³/mol. The van der Waals surface area contributed by atoms with E-state index in [9.17, 15) is 9.59 Å². The summed E-state index contributed by atoms with van der Waals surface area (Å²) in [4.78, 5) is 37.5. The van der Waals surface area contributed by atoms with Gasteiger partial charge in [0, 0.05) is 17.3 Å². The molecule has 0 spiro atoms. The Balaban J connectivity index is 0.000000241. The van der Waals surface area contributed by atoms with Crippen LogP contribution in [0.25, 0.3) is 38.4 Å². The van der Waals surface area contributed by atoms with E-state index in [2.05, 4.69) is 36.6 Å². The smallest absolute Gasteiger partial charge is 0.0270 e. The van der Waals surface area contributed by atoms with Crippen LogP contribution in [-0.4, -0.2) is 21.8 Å². The molecule has 0 fully saturated rings. The first kappa shape index (κ1) is 26.0. The van der Waals surface area contributed by atoms with E-state index in [0.29, 0.717) is 38.6 Å². The Hall–Kier alpha value is -3.65. The Morgan fingerprint density at radius 1 is 1.03 bits per heavy atom. The van der Waals surface area contributed by atoms with Crippen molar-refractivity contribution < 1.29 is 31.6 Å². The van der Waals surface area contributed by atoms with Crippen molar-refractivity contribution in [2.75, 3.05) is 5.73 Å². The van der Waals surface area contributed by atoms with Crippen LogP contribution in [0.15, 0.2) is 60.9 Å². The summed E-state index contributed by atoms with van der Waals surface area (Å²) in [6, 6.07) is 14.8. The van der Waals surface area contributed by atoms with Gasteiger partial charge in [-0.05, 0) is 29.0 Å². The minimum atomic E-state index is -0.422. The van der Waals surface area contributed by atoms with E-state index >= 15 is 0 Å². The fourth-order valence-corrected chi connectivity index (χ4v) is 3.82. The summed E-state index contributed by atoms with van der Waals surface area (Å²) in [7, 11) is 4.57. The minimum Gasteiger partial charge on any atom is -0.672 e. The van der Waals surface area contributed by atoms with Crippen LogP contribution in [0.1, 0.15) is 26.4 Å². The summed E-state index contributed by atoms with van der Waals surface area (Å²) in [5.74, 6) is -0.827. The Labute approximate surface area is 213 Å². The average Bonchev–Trinajstić information content (AvgIpc) is 3.44. The van der Waals surface area contributed by atoms with Gasteiger partial charge in [0.1, 0.15) is 0 Å². The van der Waals surface area contributed by atoms with E-state index in [1.165, 1.54) is 6.20 Å². The molecule has 0 radical (unpaired) electrons. The maximum atomic E-state index is 12.3. The first-order valence-corrected chi connectivity index (χ1v) is 12.1. The molecule has 0 atom stereocenters. The Bertz CT molecular complexity index is 1550. The molecule has 0 bridgehead atoms. The number of para-hydroxylation sites is 1. The molecule has 2 amide bonds. The minimum absolute atomic E-state index is 0.279. The summed E-state index contributed by atoms with van der Waals surface area (Å²) >= 11 is 1.82. The number of nitrogen functional groups attached to an aromatic ring is 1. The molecule has 35 heavy (non-hydrogen) atoms. The van der Waals surface area contributed by atoms with E-state index in [1.54, 1.807) is 12.3 Å². The fraction of sp³-hybridized carbons (Fsp3) is 0.0417. The number of imide groups is 1. The van der Waals surface area contributed by atoms with Crippen LogP contribution in [0.5, 0.6) is 0 Å². The number of pyridine rings is 2. The monoisotopic (exact) mass is 573 g/mol. The number of carbonyl (C=O) groups excluding carboxylic acids is 2. The first-order chi connectivity index (χ1) is 17.1. The van der Waals surface area contributed by atoms with Crippen molar-refractivity contribution in [2.24, 2.45) is 0 Å². The average molecular weight is 573 g/mol. The van der Waals surface area contributed by atoms with Gasteiger partial charge in [0.25, 0.3) is 11.8 Å². The molecule has 174 valence electrons. The Morgan fingerprint density at radius 3 is 2.37 bits per heavy atom. The third-order valence-corrected chi connectivity index (χ3v) is 5.13. The van der Waals surface area contributed by atoms with Gasteiger partial charge < -0.3 is 16.5 Å². The molecule has 3 aromatic heterocycles. The number of nitrogens with one attached hydrogen (secondary N) is 2. The van der Waals surface area contributed by atoms with E-state index in [1.807, 2.05) is 59.8 Å². The van der Waals surface area contributed by atoms with Gasteiger partial charge in [0.2, 0.25) is 0 Å². The molecule has 4 N–H and O–H groups in total. The van der Waals surface area contributed by atoms with Crippen LogP contribution in [-0.2, 0) is 28.5 Å². The number of hydrogen-bond donors (Lipinski definition) is 2. The first-order valence-electron chi connectivity index (χ1n) is 9.88. The molecule has 1 aliphatic rings. The zero-order valence-corrected chi connectivity index (χ0v) is 20.3. The second kappa shape index (κ2) is 11.7. The van der Waals surface area contributed by atoms with Crippen molar-refractivity contribution in [1.29, 1.82) is 0 Å². The van der Waals surface area contributed by atoms with Gasteiger partial charge in [-0.3, -0.25) is 24.9 Å². The van der Waals surface area contributed by atoms with Crippen molar-refractivity contribution in [1.82, 2.24) is 20.3 Å². The number of fused-ring (bicyclic) bond motifs is 8. The summed E-state index contributed by atoms with van der Waals surface area (Å²) in [6.07, 6.45) is 3.23. The van der Waals surface area contributed by atoms with Gasteiger partial charge in [-0.15, -0.1) is 17.6 Å². The van der Waals surface area contributed by atoms with E-state index < -0.39 is 11.8 Å². The molecule has 0 unspecified atom stereocenters. The molecular formula is C24H16ClN6O3Ru+. The zero-order chi connectivity index (χ0) is 25.5. The number of anilines is 1. The number of amides is 2. The van der Waals surface area contributed by atoms with Crippen LogP contribution < -0.4 is 16.0 Å². The van der Waals surface area contributed by atoms with Crippen molar-refractivity contribution in [3.05, 3.63) is 90.1 Å². The summed E-state index contributed by atoms with van der Waals surface area (Å²) in [5, 5.41) is 4.43. The predicted octanol–water partition coefficient (Wildman–Crippen LogP) is 4.25. The second-order valence-electron chi connectivity index (χ2n) is 7.05. The van der Waals surface area contributed by atoms with Crippen LogP contribution in [0.3, 0.4) is 0 Å². The number of hydrogen-bond acceptors (Lipinski definition) is 5. The molecule has 0 saturated heterocycles. The van der Waals surface area contributed by atoms with Crippen molar-refractivity contribution in [2.45, 2.75) is 6.54 Å². The maximum Gasteiger partial charge on any atom is 0.0270 e. The number of carbonyl (C=O) groups is 2. The van der Waals surface area contributed by atoms with Crippen molar-refractivity contribution in [3.8, 4) is 0 Å². The molecule has 2 aromatic carbocycles. The van der Waals surface area contributed by atoms with Crippen LogP contribution in [0, 0.1) is 6.65 Å². The molecular weight excluding hydrogens is 557 g/mol. The van der Waals surface area contributed by atoms with E-state index in [4.69, 9.17) is 16.1 Å². The van der Waals surface area contributed by atoms with Gasteiger partial charge in [-0.1, -0.05) is 30.3 Å². The molecule has 6 rings (SSSR count). The topological polar surface area (TPSA) is 156 Å². The number of halogens is 1. The number of aromatic nitrogens is 3. The van der Waals surface area contributed by atoms with Gasteiger partial charge in [0.05, 0.1) is 28.5 Å². The third kappa shape index (κ3) is 4.93. The molecule has 11 heteroatoms. The fourth-order valence-electron chi connectivity index (χ4n) is 3.82. The number of benzene rings is 2. The standard InChI is InChI=1S/C17H10N4O2.C6H7N2.CO.ClH.Ru/c18-7-5-9-12-13(17(23)21-16(12)22)11-8-3-1-2-4-10(8)20-15(11)14(9)19-6-7;7-5-6-3-1-2-4-8-6;1-2;;/h1-6H,(H4,18,19,20,21,22,23);1-4,7H,5H2;;1H;/q;-1;;;+4/p-2. The third-order valence-electron chi connectivity index (χ3n) is 5.13. The molecule has 9 nitrogen and oxygen atoms in total. The number of rotatable bonds is 1. The summed E-state index contributed by atoms with van der Waals surface area (Å²) < 4.78 is 7.50. The van der Waals surface area contributed by atoms with Gasteiger partial charge >= 0.3 is 38.3 Å². The van der Waals surface area contributed by atoms with E-state index in [0.717, 1.165) is 16.6 Å². The van der Waals surface area contributed by atoms with Crippen molar-refractivity contribution in [3.63, 3.8) is 0 Å². The van der Waals surface area contributed by atoms with Crippen LogP contribution in [0.4, 0.5) is 5.69 Å². The molecule has 5 aromatic rings. The Morgan fingerprint density at radius 2 is 1.71 bits per heavy atom. The summed E-state index contributed by atoms with van der Waals surface area (Å²) in [6.45, 7) is 4.78. The Kier molecular flexibility index (Phi) is 8.65. The zero-order valence-electron chi connectivity index (χ0n) is 17.9. The normalized spacial score (nSPS) is 11.4. The SMILES string of the molecule is Nc1cnc2c(c1)c1c(c3c4ccccc4[n-]c23)C(=O)NC1=O.[C-]#[O+].[Cl][Ru+3].[NH-]Cc1ccccn1. The van der Waals surface area contributed by atoms with Crippen molar-refractivity contribution >= 4 is 59.9 Å². The molecule has 0 saturated carbocycles. The van der Waals surface area contributed by atoms with Crippen LogP contribution >= 0.6 is 9.69 Å². The molecule has 0 aliphatic carbocycles. The number of nitrogens with two attached hydrogens (primary N) is 1. The van der Waals surface area contributed by atoms with Gasteiger partial charge in [0.15, 0.2) is 0 Å². The number of nitrogens with zero attached hydrogens (tertiary/aromatic N) is 3. The molecule has 4 heterocycles. The second-order valence-corrected chi connectivity index (χ2v) is 7.05. The largest absolute Gasteiger partial charge is 0.672 e. The van der Waals surface area contributed by atoms with Crippen LogP contribution in [0.2, 0.25) is 0 Å². The van der Waals surface area contributed by atoms with Gasteiger partial charge in [-0.2, -0.15) is 0 Å². The van der Waals surface area contributed by atoms with E-state index in [-0.39, 0.29) is 6.54 Å². The quantitative estimate of drug-likeness (QED) is 0.132. The summed E-state index contributed by atoms with van der Waals surface area (Å²) in [5.41, 5.74) is 16.6.